The molecule has 0 bridgehead atoms. The number of phenolic OH excluding ortho intramolecular Hbond substituents is 1. The number of quaternary nitrogens is 1. The van der Waals surface area contributed by atoms with Gasteiger partial charge in [0.25, 0.3) is 0 Å². The molecule has 5 nitrogen and oxygen atoms in total. The van der Waals surface area contributed by atoms with E-state index >= 15 is 0 Å². The highest BCUT2D eigenvalue weighted by Gasteiger charge is 2.20. The average molecular weight is 372 g/mol. The minimum atomic E-state index is 0. The highest BCUT2D eigenvalue weighted by atomic mass is 35.5. The molecule has 0 fully saturated rings. The summed E-state index contributed by atoms with van der Waals surface area (Å²) in [6.07, 6.45) is 0. The molecule has 0 aliphatic heterocycles. The number of rotatable bonds is 4. The van der Waals surface area contributed by atoms with E-state index in [1.807, 2.05) is 48.5 Å². The van der Waals surface area contributed by atoms with Gasteiger partial charge in [0, 0.05) is 0 Å². The number of hydrogen-bond donors (Lipinski definition) is 1. The Labute approximate surface area is 159 Å². The van der Waals surface area contributed by atoms with Gasteiger partial charge in [0.2, 0.25) is 0 Å². The maximum absolute atomic E-state index is 10.4. The van der Waals surface area contributed by atoms with E-state index in [1.165, 1.54) is 0 Å². The van der Waals surface area contributed by atoms with Crippen molar-refractivity contribution >= 4 is 27.8 Å². The smallest absolute Gasteiger partial charge is 0.146 e. The van der Waals surface area contributed by atoms with E-state index in [0.717, 1.165) is 16.5 Å². The Hall–Kier alpha value is -2.63. The van der Waals surface area contributed by atoms with E-state index in [9.17, 15) is 5.11 Å². The fourth-order valence-electron chi connectivity index (χ4n) is 2.81. The number of ether oxygens (including phenoxy) is 1. The van der Waals surface area contributed by atoms with Crippen LogP contribution in [0.4, 0.5) is 17.1 Å². The van der Waals surface area contributed by atoms with Gasteiger partial charge in [-0.15, -0.1) is 10.2 Å². The lowest BCUT2D eigenvalue weighted by Gasteiger charge is -2.25. The van der Waals surface area contributed by atoms with E-state index in [-0.39, 0.29) is 18.2 Å². The Kier molecular flexibility index (Phi) is 5.85. The van der Waals surface area contributed by atoms with Gasteiger partial charge < -0.3 is 22.3 Å². The largest absolute Gasteiger partial charge is 1.00 e. The normalized spacial score (nSPS) is 11.5. The lowest BCUT2D eigenvalue weighted by molar-refractivity contribution is -0.00000656. The van der Waals surface area contributed by atoms with Crippen molar-refractivity contribution in [3.05, 3.63) is 54.6 Å². The molecule has 26 heavy (non-hydrogen) atoms. The SMILES string of the molecule is COc1ccccc1N=Nc1c(O)ccc2cccc([N+](C)(C)C)c12.[Cl-]. The van der Waals surface area contributed by atoms with Crippen LogP contribution in [0.15, 0.2) is 64.8 Å². The van der Waals surface area contributed by atoms with Gasteiger partial charge in [0.05, 0.1) is 33.6 Å². The second kappa shape index (κ2) is 7.72. The number of aromatic hydroxyl groups is 1. The summed E-state index contributed by atoms with van der Waals surface area (Å²) in [7, 11) is 7.85. The van der Waals surface area contributed by atoms with Gasteiger partial charge in [-0.05, 0) is 29.7 Å². The molecule has 0 spiro atoms. The van der Waals surface area contributed by atoms with Gasteiger partial charge in [-0.3, -0.25) is 4.48 Å². The first-order valence-electron chi connectivity index (χ1n) is 8.03. The first-order chi connectivity index (χ1) is 11.9. The first-order valence-corrected chi connectivity index (χ1v) is 8.03. The number of nitrogens with zero attached hydrogens (tertiary/aromatic N) is 3. The molecule has 0 aromatic heterocycles. The topological polar surface area (TPSA) is 54.2 Å². The molecule has 0 unspecified atom stereocenters. The summed E-state index contributed by atoms with van der Waals surface area (Å²) in [6, 6.07) is 17.0. The lowest BCUT2D eigenvalue weighted by Crippen LogP contribution is -3.00. The lowest BCUT2D eigenvalue weighted by atomic mass is 10.0. The van der Waals surface area contributed by atoms with E-state index in [1.54, 1.807) is 13.2 Å². The molecule has 0 heterocycles. The summed E-state index contributed by atoms with van der Waals surface area (Å²) >= 11 is 0. The van der Waals surface area contributed by atoms with E-state index in [0.29, 0.717) is 21.6 Å². The Morgan fingerprint density at radius 2 is 1.62 bits per heavy atom. The molecule has 0 saturated carbocycles. The molecule has 0 amide bonds. The Morgan fingerprint density at radius 1 is 0.885 bits per heavy atom. The van der Waals surface area contributed by atoms with Crippen LogP contribution >= 0.6 is 0 Å². The summed E-state index contributed by atoms with van der Waals surface area (Å²) in [5, 5.41) is 21.0. The monoisotopic (exact) mass is 371 g/mol. The standard InChI is InChI=1S/C20H21N3O2.ClH/c1-23(2,3)16-10-7-8-14-12-13-17(24)20(19(14)16)22-21-15-9-5-6-11-18(15)25-4;/h5-13H,1-4H3;1H. The second-order valence-corrected chi connectivity index (χ2v) is 6.69. The van der Waals surface area contributed by atoms with Crippen LogP contribution in [-0.4, -0.2) is 33.4 Å². The van der Waals surface area contributed by atoms with Gasteiger partial charge >= 0.3 is 0 Å². The third kappa shape index (κ3) is 3.79. The van der Waals surface area contributed by atoms with Gasteiger partial charge in [0.15, 0.2) is 0 Å². The van der Waals surface area contributed by atoms with Crippen molar-refractivity contribution in [2.75, 3.05) is 28.3 Å². The summed E-state index contributed by atoms with van der Waals surface area (Å²) in [5.41, 5.74) is 2.14. The molecule has 0 radical (unpaired) electrons. The van der Waals surface area contributed by atoms with Crippen LogP contribution in [0, 0.1) is 0 Å². The molecular formula is C20H22ClN3O2. The van der Waals surface area contributed by atoms with Gasteiger partial charge in [-0.25, -0.2) is 0 Å². The van der Waals surface area contributed by atoms with E-state index < -0.39 is 0 Å². The fourth-order valence-corrected chi connectivity index (χ4v) is 2.81. The number of azo groups is 1. The molecule has 1 N–H and O–H groups in total. The predicted octanol–water partition coefficient (Wildman–Crippen LogP) is 2.17. The molecule has 6 heteroatoms. The molecular weight excluding hydrogens is 350 g/mol. The van der Waals surface area contributed by atoms with Crippen LogP contribution in [-0.2, 0) is 0 Å². The van der Waals surface area contributed by atoms with Crippen molar-refractivity contribution in [3.8, 4) is 11.5 Å². The minimum absolute atomic E-state index is 0. The summed E-state index contributed by atoms with van der Waals surface area (Å²) in [6.45, 7) is 0. The predicted molar refractivity (Wildman–Crippen MR) is 102 cm³/mol. The minimum Gasteiger partial charge on any atom is -1.00 e. The quantitative estimate of drug-likeness (QED) is 0.564. The highest BCUT2D eigenvalue weighted by Crippen LogP contribution is 2.42. The van der Waals surface area contributed by atoms with Crippen molar-refractivity contribution < 1.29 is 22.3 Å². The molecule has 0 saturated heterocycles. The maximum Gasteiger partial charge on any atom is 0.146 e. The van der Waals surface area contributed by atoms with Crippen LogP contribution < -0.4 is 21.6 Å². The molecule has 3 aromatic rings. The molecule has 0 aliphatic rings. The number of phenols is 1. The number of benzene rings is 3. The zero-order chi connectivity index (χ0) is 18.0. The zero-order valence-electron chi connectivity index (χ0n) is 15.3. The molecule has 0 atom stereocenters. The number of fused-ring (bicyclic) bond motifs is 1. The van der Waals surface area contributed by atoms with Crippen molar-refractivity contribution in [1.29, 1.82) is 0 Å². The highest BCUT2D eigenvalue weighted by molar-refractivity contribution is 6.03. The van der Waals surface area contributed by atoms with Crippen molar-refractivity contribution in [1.82, 2.24) is 4.48 Å². The van der Waals surface area contributed by atoms with Crippen LogP contribution in [0.3, 0.4) is 0 Å². The van der Waals surface area contributed by atoms with Crippen LogP contribution in [0.2, 0.25) is 0 Å². The van der Waals surface area contributed by atoms with Crippen LogP contribution in [0.1, 0.15) is 0 Å². The summed E-state index contributed by atoms with van der Waals surface area (Å²) < 4.78 is 5.92. The zero-order valence-corrected chi connectivity index (χ0v) is 16.0. The number of methoxy groups -OCH3 is 1. The average Bonchev–Trinajstić information content (AvgIpc) is 2.59. The van der Waals surface area contributed by atoms with Crippen molar-refractivity contribution in [2.45, 2.75) is 0 Å². The summed E-state index contributed by atoms with van der Waals surface area (Å²) in [5.74, 6) is 0.741. The second-order valence-electron chi connectivity index (χ2n) is 6.69. The van der Waals surface area contributed by atoms with E-state index in [4.69, 9.17) is 4.74 Å². The third-order valence-corrected chi connectivity index (χ3v) is 4.04. The van der Waals surface area contributed by atoms with Crippen LogP contribution in [0.5, 0.6) is 11.5 Å². The van der Waals surface area contributed by atoms with Gasteiger partial charge in [-0.2, -0.15) is 0 Å². The summed E-state index contributed by atoms with van der Waals surface area (Å²) in [4.78, 5) is 0. The van der Waals surface area contributed by atoms with Crippen LogP contribution in [0.25, 0.3) is 10.8 Å². The van der Waals surface area contributed by atoms with Gasteiger partial charge in [-0.1, -0.05) is 30.3 Å². The molecule has 3 rings (SSSR count). The Balaban J connectivity index is 0.00000243. The van der Waals surface area contributed by atoms with Crippen molar-refractivity contribution in [3.63, 3.8) is 0 Å². The number of halogens is 1. The van der Waals surface area contributed by atoms with Gasteiger partial charge in [0.1, 0.15) is 28.6 Å². The third-order valence-electron chi connectivity index (χ3n) is 4.04. The molecule has 0 aliphatic carbocycles. The molecule has 3 aromatic carbocycles. The fraction of sp³-hybridized carbons (Fsp3) is 0.200. The maximum atomic E-state index is 10.4. The van der Waals surface area contributed by atoms with E-state index in [2.05, 4.69) is 31.4 Å². The molecule has 136 valence electrons. The number of para-hydroxylation sites is 1. The number of hydrogen-bond acceptors (Lipinski definition) is 4. The van der Waals surface area contributed by atoms with Crippen molar-refractivity contribution in [2.24, 2.45) is 10.2 Å². The first kappa shape index (κ1) is 19.7. The Bertz CT molecular complexity index is 949. The Morgan fingerprint density at radius 3 is 2.31 bits per heavy atom.